The number of hydrogen-bond acceptors (Lipinski definition) is 6. The molecule has 0 spiro atoms. The number of methoxy groups -OCH3 is 2. The minimum atomic E-state index is -0.0355. The van der Waals surface area contributed by atoms with Crippen LogP contribution in [0.2, 0.25) is 0 Å². The van der Waals surface area contributed by atoms with E-state index < -0.39 is 0 Å². The topological polar surface area (TPSA) is 60.5 Å². The van der Waals surface area contributed by atoms with E-state index in [0.717, 1.165) is 27.7 Å². The molecule has 0 aliphatic carbocycles. The number of thioether (sulfide) groups is 1. The zero-order valence-electron chi connectivity index (χ0n) is 15.1. The normalized spacial score (nSPS) is 10.4. The molecule has 0 saturated carbocycles. The molecule has 0 unspecified atom stereocenters. The van der Waals surface area contributed by atoms with E-state index in [-0.39, 0.29) is 5.91 Å². The Balaban J connectivity index is 1.48. The molecular formula is C20H20N2O3S2. The number of amides is 1. The van der Waals surface area contributed by atoms with Gasteiger partial charge in [-0.2, -0.15) is 0 Å². The van der Waals surface area contributed by atoms with Gasteiger partial charge < -0.3 is 14.8 Å². The Morgan fingerprint density at radius 2 is 1.67 bits per heavy atom. The highest BCUT2D eigenvalue weighted by molar-refractivity contribution is 7.99. The molecular weight excluding hydrogens is 380 g/mol. The van der Waals surface area contributed by atoms with Crippen LogP contribution in [0.5, 0.6) is 11.5 Å². The van der Waals surface area contributed by atoms with Crippen molar-refractivity contribution in [1.29, 1.82) is 0 Å². The van der Waals surface area contributed by atoms with Crippen LogP contribution in [0.25, 0.3) is 11.3 Å². The highest BCUT2D eigenvalue weighted by Gasteiger charge is 2.08. The summed E-state index contributed by atoms with van der Waals surface area (Å²) < 4.78 is 10.3. The summed E-state index contributed by atoms with van der Waals surface area (Å²) in [5.74, 6) is 2.30. The summed E-state index contributed by atoms with van der Waals surface area (Å²) in [5, 5.41) is 5.42. The standard InChI is InChI=1S/C20H20N2O3S2/c1-24-15-5-3-14(4-6-15)18-13-27-20(21-18)22-19(23)11-12-26-17-9-7-16(25-2)8-10-17/h3-10,13H,11-12H2,1-2H3,(H,21,22,23). The molecule has 0 aliphatic rings. The van der Waals surface area contributed by atoms with Crippen molar-refractivity contribution in [1.82, 2.24) is 4.98 Å². The van der Waals surface area contributed by atoms with Gasteiger partial charge in [-0.3, -0.25) is 4.79 Å². The molecule has 1 heterocycles. The first-order valence-electron chi connectivity index (χ1n) is 8.34. The van der Waals surface area contributed by atoms with E-state index in [9.17, 15) is 4.79 Å². The van der Waals surface area contributed by atoms with Crippen molar-refractivity contribution < 1.29 is 14.3 Å². The molecule has 1 amide bonds. The van der Waals surface area contributed by atoms with Crippen molar-refractivity contribution in [2.75, 3.05) is 25.3 Å². The lowest BCUT2D eigenvalue weighted by molar-refractivity contribution is -0.115. The Bertz CT molecular complexity index is 877. The molecule has 1 N–H and O–H groups in total. The van der Waals surface area contributed by atoms with Gasteiger partial charge in [0.05, 0.1) is 19.9 Å². The van der Waals surface area contributed by atoms with Crippen LogP contribution in [0.15, 0.2) is 58.8 Å². The number of ether oxygens (including phenoxy) is 2. The predicted molar refractivity (Wildman–Crippen MR) is 111 cm³/mol. The number of anilines is 1. The number of hydrogen-bond donors (Lipinski definition) is 1. The second-order valence-electron chi connectivity index (χ2n) is 5.59. The Morgan fingerprint density at radius 1 is 1.04 bits per heavy atom. The smallest absolute Gasteiger partial charge is 0.226 e. The molecule has 3 rings (SSSR count). The van der Waals surface area contributed by atoms with Crippen LogP contribution in [0, 0.1) is 0 Å². The molecule has 0 aliphatic heterocycles. The fraction of sp³-hybridized carbons (Fsp3) is 0.200. The van der Waals surface area contributed by atoms with E-state index in [2.05, 4.69) is 10.3 Å². The number of nitrogens with one attached hydrogen (secondary N) is 1. The predicted octanol–water partition coefficient (Wildman–Crippen LogP) is 4.95. The molecule has 0 saturated heterocycles. The van der Waals surface area contributed by atoms with Gasteiger partial charge in [-0.25, -0.2) is 4.98 Å². The third kappa shape index (κ3) is 5.48. The number of carbonyl (C=O) groups is 1. The van der Waals surface area contributed by atoms with Gasteiger partial charge in [-0.15, -0.1) is 23.1 Å². The van der Waals surface area contributed by atoms with Crippen LogP contribution in [-0.4, -0.2) is 30.9 Å². The fourth-order valence-electron chi connectivity index (χ4n) is 2.34. The first kappa shape index (κ1) is 19.3. The molecule has 3 aromatic rings. The van der Waals surface area contributed by atoms with Crippen molar-refractivity contribution in [3.05, 3.63) is 53.9 Å². The van der Waals surface area contributed by atoms with E-state index in [1.54, 1.807) is 26.0 Å². The summed E-state index contributed by atoms with van der Waals surface area (Å²) >= 11 is 3.06. The number of rotatable bonds is 8. The summed E-state index contributed by atoms with van der Waals surface area (Å²) in [5.41, 5.74) is 1.83. The van der Waals surface area contributed by atoms with Gasteiger partial charge >= 0.3 is 0 Å². The van der Waals surface area contributed by atoms with E-state index in [1.807, 2.05) is 53.9 Å². The summed E-state index contributed by atoms with van der Waals surface area (Å²) in [7, 11) is 3.28. The first-order valence-corrected chi connectivity index (χ1v) is 10.2. The monoisotopic (exact) mass is 400 g/mol. The van der Waals surface area contributed by atoms with Gasteiger partial charge in [0.25, 0.3) is 0 Å². The van der Waals surface area contributed by atoms with Crippen molar-refractivity contribution in [3.8, 4) is 22.8 Å². The van der Waals surface area contributed by atoms with Gasteiger partial charge in [-0.05, 0) is 48.5 Å². The van der Waals surface area contributed by atoms with Gasteiger partial charge in [0, 0.05) is 28.0 Å². The lowest BCUT2D eigenvalue weighted by Crippen LogP contribution is -2.11. The molecule has 140 valence electrons. The van der Waals surface area contributed by atoms with Crippen molar-refractivity contribution in [3.63, 3.8) is 0 Å². The molecule has 27 heavy (non-hydrogen) atoms. The third-order valence-electron chi connectivity index (χ3n) is 3.79. The first-order chi connectivity index (χ1) is 13.2. The Kier molecular flexibility index (Phi) is 6.73. The molecule has 7 heteroatoms. The fourth-order valence-corrected chi connectivity index (χ4v) is 3.93. The zero-order chi connectivity index (χ0) is 19.1. The maximum Gasteiger partial charge on any atom is 0.226 e. The Morgan fingerprint density at radius 3 is 2.30 bits per heavy atom. The highest BCUT2D eigenvalue weighted by Crippen LogP contribution is 2.27. The van der Waals surface area contributed by atoms with Crippen molar-refractivity contribution in [2.24, 2.45) is 0 Å². The van der Waals surface area contributed by atoms with Crippen LogP contribution in [0.3, 0.4) is 0 Å². The van der Waals surface area contributed by atoms with Gasteiger partial charge in [0.2, 0.25) is 5.91 Å². The largest absolute Gasteiger partial charge is 0.497 e. The SMILES string of the molecule is COc1ccc(SCCC(=O)Nc2nc(-c3ccc(OC)cc3)cs2)cc1. The second-order valence-corrected chi connectivity index (χ2v) is 7.61. The minimum absolute atomic E-state index is 0.0355. The number of aromatic nitrogens is 1. The van der Waals surface area contributed by atoms with Gasteiger partial charge in [0.1, 0.15) is 11.5 Å². The van der Waals surface area contributed by atoms with Crippen molar-refractivity contribution >= 4 is 34.1 Å². The summed E-state index contributed by atoms with van der Waals surface area (Å²) in [4.78, 5) is 17.7. The average Bonchev–Trinajstić information content (AvgIpc) is 3.17. The number of benzene rings is 2. The molecule has 0 bridgehead atoms. The quantitative estimate of drug-likeness (QED) is 0.542. The molecule has 0 atom stereocenters. The Hall–Kier alpha value is -2.51. The van der Waals surface area contributed by atoms with Crippen LogP contribution >= 0.6 is 23.1 Å². The lowest BCUT2D eigenvalue weighted by atomic mass is 10.2. The lowest BCUT2D eigenvalue weighted by Gasteiger charge is -2.04. The van der Waals surface area contributed by atoms with E-state index >= 15 is 0 Å². The van der Waals surface area contributed by atoms with Gasteiger partial charge in [0.15, 0.2) is 5.13 Å². The molecule has 2 aromatic carbocycles. The van der Waals surface area contributed by atoms with E-state index in [0.29, 0.717) is 17.3 Å². The maximum absolute atomic E-state index is 12.1. The zero-order valence-corrected chi connectivity index (χ0v) is 16.7. The highest BCUT2D eigenvalue weighted by atomic mass is 32.2. The molecule has 5 nitrogen and oxygen atoms in total. The van der Waals surface area contributed by atoms with Crippen LogP contribution in [-0.2, 0) is 4.79 Å². The summed E-state index contributed by atoms with van der Waals surface area (Å²) in [6.45, 7) is 0. The van der Waals surface area contributed by atoms with Crippen molar-refractivity contribution in [2.45, 2.75) is 11.3 Å². The molecule has 0 radical (unpaired) electrons. The van der Waals surface area contributed by atoms with E-state index in [1.165, 1.54) is 11.3 Å². The maximum atomic E-state index is 12.1. The number of carbonyl (C=O) groups excluding carboxylic acids is 1. The third-order valence-corrected chi connectivity index (χ3v) is 5.57. The summed E-state index contributed by atoms with van der Waals surface area (Å²) in [6, 6.07) is 15.5. The molecule has 0 fully saturated rings. The minimum Gasteiger partial charge on any atom is -0.497 e. The van der Waals surface area contributed by atoms with Crippen LogP contribution in [0.1, 0.15) is 6.42 Å². The number of nitrogens with zero attached hydrogens (tertiary/aromatic N) is 1. The average molecular weight is 401 g/mol. The van der Waals surface area contributed by atoms with Crippen LogP contribution < -0.4 is 14.8 Å². The summed E-state index contributed by atoms with van der Waals surface area (Å²) in [6.07, 6.45) is 0.425. The Labute approximate surface area is 166 Å². The molecule has 1 aromatic heterocycles. The second kappa shape index (κ2) is 9.43. The number of thiazole rings is 1. The van der Waals surface area contributed by atoms with Gasteiger partial charge in [-0.1, -0.05) is 0 Å². The van der Waals surface area contributed by atoms with E-state index in [4.69, 9.17) is 9.47 Å². The van der Waals surface area contributed by atoms with Crippen LogP contribution in [0.4, 0.5) is 5.13 Å².